The van der Waals surface area contributed by atoms with Crippen LogP contribution in [0.3, 0.4) is 0 Å². The Balaban J connectivity index is 1.74. The SMILES string of the molecule is O=C(NNc1ccc(NS(=O)(=O)c2cccc(-n3cn[nH]c3=S)c2)cc1)C(F)F. The number of amides is 1. The zero-order valence-electron chi connectivity index (χ0n) is 14.5. The van der Waals surface area contributed by atoms with Gasteiger partial charge >= 0.3 is 12.3 Å². The van der Waals surface area contributed by atoms with Gasteiger partial charge in [-0.25, -0.2) is 8.42 Å². The molecule has 0 fully saturated rings. The van der Waals surface area contributed by atoms with Crippen molar-refractivity contribution in [3.63, 3.8) is 0 Å². The molecule has 1 aromatic heterocycles. The third-order valence-electron chi connectivity index (χ3n) is 3.62. The molecule has 0 aliphatic rings. The number of halogens is 2. The minimum absolute atomic E-state index is 0.00417. The fourth-order valence-corrected chi connectivity index (χ4v) is 3.56. The molecule has 0 spiro atoms. The van der Waals surface area contributed by atoms with E-state index >= 15 is 0 Å². The number of hydrogen-bond acceptors (Lipinski definition) is 6. The number of nitrogens with one attached hydrogen (secondary N) is 4. The Bertz CT molecular complexity index is 1180. The molecule has 0 radical (unpaired) electrons. The van der Waals surface area contributed by atoms with Crippen molar-refractivity contribution in [3.8, 4) is 5.69 Å². The molecule has 152 valence electrons. The smallest absolute Gasteiger partial charge is 0.298 e. The molecule has 3 rings (SSSR count). The minimum Gasteiger partial charge on any atom is -0.298 e. The van der Waals surface area contributed by atoms with Crippen LogP contribution in [-0.4, -0.2) is 35.5 Å². The second-order valence-corrected chi connectivity index (χ2v) is 7.70. The Morgan fingerprint density at radius 1 is 1.14 bits per heavy atom. The molecule has 0 aliphatic carbocycles. The third kappa shape index (κ3) is 4.94. The van der Waals surface area contributed by atoms with Crippen LogP contribution in [0.25, 0.3) is 5.69 Å². The minimum atomic E-state index is -3.91. The highest BCUT2D eigenvalue weighted by atomic mass is 32.2. The second kappa shape index (κ2) is 8.36. The largest absolute Gasteiger partial charge is 0.317 e. The summed E-state index contributed by atoms with van der Waals surface area (Å²) in [5, 5.41) is 6.38. The maximum Gasteiger partial charge on any atom is 0.317 e. The van der Waals surface area contributed by atoms with Crippen LogP contribution in [0.5, 0.6) is 0 Å². The van der Waals surface area contributed by atoms with E-state index in [0.29, 0.717) is 16.1 Å². The van der Waals surface area contributed by atoms with Gasteiger partial charge in [0.05, 0.1) is 16.3 Å². The number of aromatic amines is 1. The number of hydrogen-bond donors (Lipinski definition) is 4. The van der Waals surface area contributed by atoms with E-state index in [1.54, 1.807) is 12.1 Å². The Labute approximate surface area is 168 Å². The molecule has 29 heavy (non-hydrogen) atoms. The summed E-state index contributed by atoms with van der Waals surface area (Å²) in [6, 6.07) is 11.7. The van der Waals surface area contributed by atoms with Gasteiger partial charge in [-0.3, -0.25) is 30.0 Å². The van der Waals surface area contributed by atoms with Crippen LogP contribution in [0, 0.1) is 4.77 Å². The molecule has 1 heterocycles. The lowest BCUT2D eigenvalue weighted by Crippen LogP contribution is -2.34. The number of hydrazine groups is 1. The molecule has 4 N–H and O–H groups in total. The van der Waals surface area contributed by atoms with Crippen molar-refractivity contribution < 1.29 is 22.0 Å². The standard InChI is InChI=1S/C16H14F2N6O3S2/c17-14(18)15(25)21-20-10-4-6-11(7-5-10)23-29(26,27)13-3-1-2-12(8-13)24-9-19-22-16(24)28/h1-9,14,20,23H,(H,21,25)(H,22,28). The Morgan fingerprint density at radius 3 is 2.45 bits per heavy atom. The van der Waals surface area contributed by atoms with E-state index in [1.165, 1.54) is 47.3 Å². The van der Waals surface area contributed by atoms with Gasteiger partial charge in [0, 0.05) is 5.69 Å². The van der Waals surface area contributed by atoms with Crippen molar-refractivity contribution >= 4 is 39.5 Å². The van der Waals surface area contributed by atoms with Crippen LogP contribution in [0.2, 0.25) is 0 Å². The first-order valence-corrected chi connectivity index (χ1v) is 9.85. The first-order valence-electron chi connectivity index (χ1n) is 7.95. The highest BCUT2D eigenvalue weighted by molar-refractivity contribution is 7.92. The van der Waals surface area contributed by atoms with Crippen LogP contribution in [-0.2, 0) is 14.8 Å². The topological polar surface area (TPSA) is 121 Å². The number of sulfonamides is 1. The molecule has 13 heteroatoms. The molecule has 0 atom stereocenters. The maximum absolute atomic E-state index is 12.7. The average molecular weight is 440 g/mol. The Morgan fingerprint density at radius 2 is 1.83 bits per heavy atom. The van der Waals surface area contributed by atoms with Crippen LogP contribution in [0.4, 0.5) is 20.2 Å². The van der Waals surface area contributed by atoms with Gasteiger partial charge < -0.3 is 0 Å². The summed E-state index contributed by atoms with van der Waals surface area (Å²) in [7, 11) is -3.91. The quantitative estimate of drug-likeness (QED) is 0.331. The van der Waals surface area contributed by atoms with E-state index < -0.39 is 22.4 Å². The van der Waals surface area contributed by atoms with E-state index in [-0.39, 0.29) is 10.6 Å². The predicted molar refractivity (Wildman–Crippen MR) is 104 cm³/mol. The lowest BCUT2D eigenvalue weighted by molar-refractivity contribution is -0.131. The molecule has 1 amide bonds. The molecule has 0 bridgehead atoms. The summed E-state index contributed by atoms with van der Waals surface area (Å²) in [4.78, 5) is 10.8. The zero-order valence-corrected chi connectivity index (χ0v) is 16.1. The fraction of sp³-hybridized carbons (Fsp3) is 0.0625. The van der Waals surface area contributed by atoms with Gasteiger partial charge in [0.15, 0.2) is 4.77 Å². The van der Waals surface area contributed by atoms with Crippen LogP contribution in [0.1, 0.15) is 0 Å². The van der Waals surface area contributed by atoms with E-state index in [1.807, 2.05) is 5.43 Å². The number of nitrogens with zero attached hydrogens (tertiary/aromatic N) is 2. The predicted octanol–water partition coefficient (Wildman–Crippen LogP) is 2.44. The monoisotopic (exact) mass is 440 g/mol. The number of anilines is 2. The van der Waals surface area contributed by atoms with Crippen LogP contribution >= 0.6 is 12.2 Å². The van der Waals surface area contributed by atoms with Gasteiger partial charge in [-0.1, -0.05) is 6.07 Å². The maximum atomic E-state index is 12.7. The summed E-state index contributed by atoms with van der Waals surface area (Å²) < 4.78 is 53.8. The number of carbonyl (C=O) groups excluding carboxylic acids is 1. The highest BCUT2D eigenvalue weighted by Crippen LogP contribution is 2.20. The van der Waals surface area contributed by atoms with Gasteiger partial charge in [0.2, 0.25) is 0 Å². The third-order valence-corrected chi connectivity index (χ3v) is 5.29. The average Bonchev–Trinajstić information content (AvgIpc) is 3.13. The van der Waals surface area contributed by atoms with Gasteiger partial charge in [-0.05, 0) is 54.7 Å². The summed E-state index contributed by atoms with van der Waals surface area (Å²) in [5.41, 5.74) is 5.16. The van der Waals surface area contributed by atoms with Crippen LogP contribution < -0.4 is 15.6 Å². The van der Waals surface area contributed by atoms with Crippen molar-refractivity contribution in [2.24, 2.45) is 0 Å². The number of carbonyl (C=O) groups is 1. The van der Waals surface area contributed by atoms with E-state index in [2.05, 4.69) is 20.3 Å². The molecule has 3 aromatic rings. The van der Waals surface area contributed by atoms with Crippen molar-refractivity contribution in [1.82, 2.24) is 20.2 Å². The molecular formula is C16H14F2N6O3S2. The van der Waals surface area contributed by atoms with Gasteiger partial charge in [0.1, 0.15) is 6.33 Å². The molecule has 0 aliphatic heterocycles. The lowest BCUT2D eigenvalue weighted by Gasteiger charge is -2.11. The van der Waals surface area contributed by atoms with Crippen molar-refractivity contribution in [2.45, 2.75) is 11.3 Å². The van der Waals surface area contributed by atoms with Crippen LogP contribution in [0.15, 0.2) is 59.8 Å². The van der Waals surface area contributed by atoms with E-state index in [0.717, 1.165) is 0 Å². The fourth-order valence-electron chi connectivity index (χ4n) is 2.26. The Hall–Kier alpha value is -3.32. The summed E-state index contributed by atoms with van der Waals surface area (Å²) in [6.45, 7) is 0. The first-order chi connectivity index (χ1) is 13.8. The normalized spacial score (nSPS) is 11.3. The van der Waals surface area contributed by atoms with Gasteiger partial charge in [-0.15, -0.1) is 0 Å². The molecule has 2 aromatic carbocycles. The van der Waals surface area contributed by atoms with E-state index in [9.17, 15) is 22.0 Å². The molecular weight excluding hydrogens is 426 g/mol. The highest BCUT2D eigenvalue weighted by Gasteiger charge is 2.16. The van der Waals surface area contributed by atoms with Crippen molar-refractivity contribution in [1.29, 1.82) is 0 Å². The molecule has 0 saturated carbocycles. The van der Waals surface area contributed by atoms with Crippen molar-refractivity contribution in [2.75, 3.05) is 10.1 Å². The molecule has 0 saturated heterocycles. The lowest BCUT2D eigenvalue weighted by atomic mass is 10.3. The Kier molecular flexibility index (Phi) is 5.89. The second-order valence-electron chi connectivity index (χ2n) is 5.63. The first kappa shape index (κ1) is 20.4. The van der Waals surface area contributed by atoms with Crippen molar-refractivity contribution in [3.05, 3.63) is 59.6 Å². The molecule has 0 unspecified atom stereocenters. The number of rotatable bonds is 7. The summed E-state index contributed by atoms with van der Waals surface area (Å²) in [6.07, 6.45) is -1.72. The number of benzene rings is 2. The summed E-state index contributed by atoms with van der Waals surface area (Å²) >= 11 is 5.08. The van der Waals surface area contributed by atoms with Gasteiger partial charge in [-0.2, -0.15) is 13.9 Å². The number of aromatic nitrogens is 3. The summed E-state index contributed by atoms with van der Waals surface area (Å²) in [5.74, 6) is -1.48. The number of alkyl halides is 2. The zero-order chi connectivity index (χ0) is 21.0. The number of H-pyrrole nitrogens is 1. The molecule has 9 nitrogen and oxygen atoms in total. The van der Waals surface area contributed by atoms with Gasteiger partial charge in [0.25, 0.3) is 10.0 Å². The van der Waals surface area contributed by atoms with E-state index in [4.69, 9.17) is 12.2 Å².